The molecule has 0 unspecified atom stereocenters. The first-order chi connectivity index (χ1) is 56.6. The fourth-order valence-corrected chi connectivity index (χ4v) is 19.9. The molecule has 0 spiro atoms. The van der Waals surface area contributed by atoms with E-state index in [0.717, 1.165) is 17.5 Å². The molecule has 0 fully saturated rings. The summed E-state index contributed by atoms with van der Waals surface area (Å²) in [6.45, 7) is 59.7. The molecule has 0 N–H and O–H groups in total. The number of nitriles is 1. The lowest BCUT2D eigenvalue weighted by atomic mass is 9.80. The highest BCUT2D eigenvalue weighted by molar-refractivity contribution is 5.92. The Morgan fingerprint density at radius 3 is 1.08 bits per heavy atom. The van der Waals surface area contributed by atoms with Gasteiger partial charge in [0.15, 0.2) is 0 Å². The van der Waals surface area contributed by atoms with E-state index in [1.165, 1.54) is 168 Å². The van der Waals surface area contributed by atoms with Crippen LogP contribution in [0.15, 0.2) is 279 Å². The first kappa shape index (κ1) is 85.0. The van der Waals surface area contributed by atoms with Gasteiger partial charge < -0.3 is 19.6 Å². The van der Waals surface area contributed by atoms with Crippen molar-refractivity contribution in [2.24, 2.45) is 0 Å². The molecule has 13 aromatic rings. The van der Waals surface area contributed by atoms with Gasteiger partial charge in [-0.1, -0.05) is 276 Å². The molecule has 5 heteroatoms. The number of rotatable bonds is 11. The van der Waals surface area contributed by atoms with Crippen LogP contribution in [-0.2, 0) is 28.1 Å². The molecular weight excluding hydrogens is 1450 g/mol. The SMILES string of the molecule is CC(C)c1cc2c(cc1N(c1ccccc1)C(C)(C)C)-c1ccccc1C2(C)C.CCc1cc2c(cc1N(c1ccccc1)C(C)(C)C)-c1ccccc1C2(C)C.Cc1cc2c(cc1N(c1ccccc1)C(C)(C)C)-c1ccccc1C2(C)C.Cc1ccc(-c2ccccc2)cc1N(c1cc2c(cc1C)-c1c(C#N)cccc1C2(C)C)C(C)(C)C. The Morgan fingerprint density at radius 1 is 0.292 bits per heavy atom. The quantitative estimate of drug-likeness (QED) is 0.129. The number of anilines is 8. The largest absolute Gasteiger partial charge is 0.336 e. The van der Waals surface area contributed by atoms with Crippen LogP contribution in [-0.4, -0.2) is 22.2 Å². The van der Waals surface area contributed by atoms with Crippen LogP contribution in [0, 0.1) is 32.1 Å². The lowest BCUT2D eigenvalue weighted by molar-refractivity contribution is 0.557. The number of nitrogens with zero attached hydrogens (tertiary/aromatic N) is 5. The van der Waals surface area contributed by atoms with Crippen molar-refractivity contribution >= 4 is 45.5 Å². The minimum atomic E-state index is -0.176. The molecule has 4 aliphatic rings. The minimum Gasteiger partial charge on any atom is -0.336 e. The van der Waals surface area contributed by atoms with Crippen LogP contribution >= 0.6 is 0 Å². The van der Waals surface area contributed by atoms with E-state index >= 15 is 0 Å². The third kappa shape index (κ3) is 15.5. The predicted octanol–water partition coefficient (Wildman–Crippen LogP) is 31.9. The Balaban J connectivity index is 0.000000132. The van der Waals surface area contributed by atoms with Crippen molar-refractivity contribution in [2.45, 2.75) is 236 Å². The van der Waals surface area contributed by atoms with Gasteiger partial charge >= 0.3 is 0 Å². The summed E-state index contributed by atoms with van der Waals surface area (Å²) in [5.74, 6) is 0.448. The minimum absolute atomic E-state index is 0.0199. The third-order valence-corrected chi connectivity index (χ3v) is 25.8. The zero-order valence-corrected chi connectivity index (χ0v) is 76.6. The molecule has 13 aromatic carbocycles. The number of fused-ring (bicyclic) bond motifs is 12. The van der Waals surface area contributed by atoms with Gasteiger partial charge in [0.1, 0.15) is 0 Å². The van der Waals surface area contributed by atoms with Crippen molar-refractivity contribution in [3.05, 3.63) is 357 Å². The Kier molecular flexibility index (Phi) is 22.6. The van der Waals surface area contributed by atoms with Gasteiger partial charge in [-0.15, -0.1) is 0 Å². The number of para-hydroxylation sites is 3. The maximum atomic E-state index is 9.86. The first-order valence-corrected chi connectivity index (χ1v) is 43.6. The maximum Gasteiger partial charge on any atom is 0.0998 e. The summed E-state index contributed by atoms with van der Waals surface area (Å²) in [6.07, 6.45) is 1.02. The molecule has 4 aliphatic carbocycles. The van der Waals surface area contributed by atoms with E-state index in [1.807, 2.05) is 12.1 Å². The molecule has 0 saturated carbocycles. The number of aryl methyl sites for hydroxylation is 4. The van der Waals surface area contributed by atoms with Crippen LogP contribution in [0.25, 0.3) is 55.6 Å². The van der Waals surface area contributed by atoms with E-state index in [2.05, 4.69) is 473 Å². The van der Waals surface area contributed by atoms with Crippen LogP contribution in [0.2, 0.25) is 0 Å². The van der Waals surface area contributed by atoms with Crippen LogP contribution in [0.3, 0.4) is 0 Å². The van der Waals surface area contributed by atoms with Crippen LogP contribution in [0.4, 0.5) is 45.5 Å². The summed E-state index contributed by atoms with van der Waals surface area (Å²) in [6, 6.07) is 104. The summed E-state index contributed by atoms with van der Waals surface area (Å²) >= 11 is 0. The fraction of sp³-hybridized carbons (Fsp3) is 0.313. The van der Waals surface area contributed by atoms with Crippen LogP contribution < -0.4 is 19.6 Å². The van der Waals surface area contributed by atoms with E-state index in [-0.39, 0.29) is 43.8 Å². The topological polar surface area (TPSA) is 36.8 Å². The number of benzene rings is 13. The van der Waals surface area contributed by atoms with Crippen LogP contribution in [0.5, 0.6) is 0 Å². The van der Waals surface area contributed by atoms with Gasteiger partial charge in [0.2, 0.25) is 0 Å². The fourth-order valence-electron chi connectivity index (χ4n) is 19.9. The Bertz CT molecular complexity index is 6020. The van der Waals surface area contributed by atoms with E-state index < -0.39 is 0 Å². The predicted molar refractivity (Wildman–Crippen MR) is 517 cm³/mol. The van der Waals surface area contributed by atoms with Gasteiger partial charge in [0.25, 0.3) is 0 Å². The molecule has 120 heavy (non-hydrogen) atoms. The van der Waals surface area contributed by atoms with Gasteiger partial charge in [-0.3, -0.25) is 0 Å². The van der Waals surface area contributed by atoms with Gasteiger partial charge in [-0.05, 0) is 317 Å². The molecule has 0 atom stereocenters. The lowest BCUT2D eigenvalue weighted by Gasteiger charge is -2.40. The molecule has 17 rings (SSSR count). The average Bonchev–Trinajstić information content (AvgIpc) is 1.57. The molecule has 0 heterocycles. The lowest BCUT2D eigenvalue weighted by Crippen LogP contribution is -2.38. The van der Waals surface area contributed by atoms with Gasteiger partial charge in [0.05, 0.1) is 11.6 Å². The summed E-state index contributed by atoms with van der Waals surface area (Å²) in [5.41, 5.74) is 41.4. The van der Waals surface area contributed by atoms with Crippen molar-refractivity contribution in [1.82, 2.24) is 0 Å². The van der Waals surface area contributed by atoms with Crippen molar-refractivity contribution in [3.8, 4) is 61.7 Å². The molecule has 0 amide bonds. The molecule has 0 radical (unpaired) electrons. The van der Waals surface area contributed by atoms with Gasteiger partial charge in [0, 0.05) is 94.9 Å². The summed E-state index contributed by atoms with van der Waals surface area (Å²) in [7, 11) is 0. The summed E-state index contributed by atoms with van der Waals surface area (Å²) in [5, 5.41) is 9.86. The number of hydrogen-bond donors (Lipinski definition) is 0. The second-order valence-corrected chi connectivity index (χ2v) is 40.2. The first-order valence-electron chi connectivity index (χ1n) is 43.6. The Morgan fingerprint density at radius 2 is 0.642 bits per heavy atom. The second kappa shape index (κ2) is 31.9. The molecular formula is C115H127N5. The van der Waals surface area contributed by atoms with Gasteiger partial charge in [-0.2, -0.15) is 5.26 Å². The Labute approximate surface area is 720 Å². The van der Waals surface area contributed by atoms with E-state index in [0.29, 0.717) is 5.92 Å². The highest BCUT2D eigenvalue weighted by Gasteiger charge is 2.43. The van der Waals surface area contributed by atoms with Crippen molar-refractivity contribution in [3.63, 3.8) is 0 Å². The monoisotopic (exact) mass is 1580 g/mol. The van der Waals surface area contributed by atoms with Crippen LogP contribution in [0.1, 0.15) is 243 Å². The molecule has 0 aromatic heterocycles. The zero-order chi connectivity index (χ0) is 86.3. The highest BCUT2D eigenvalue weighted by atomic mass is 15.2. The van der Waals surface area contributed by atoms with Crippen molar-refractivity contribution in [1.29, 1.82) is 5.26 Å². The van der Waals surface area contributed by atoms with Crippen molar-refractivity contribution < 1.29 is 0 Å². The standard InChI is InChI=1S/C34H34N2.C28H33N.C27H31N.C26H29N/c1-22-16-17-25(24-12-9-8-10-13-24)19-30(22)36(33(3,4)5)31-20-29-27(18-23(31)2)32-26(21-35)14-11-15-28(32)34(29,6)7;1-19(2)22-17-25-23(21-15-11-12-16-24(21)28(25,6)7)18-26(22)29(27(3,4)5)20-13-9-8-10-14-20;1-7-19-17-24-22(21-15-11-12-16-23(21)27(24,5)6)18-25(19)28(26(2,3)4)20-13-9-8-10-14-20;1-18-16-23-21(20-14-10-11-15-22(20)26(23,5)6)17-24(18)27(25(2,3)4)19-12-8-7-9-13-19/h8-20H,1-7H3;8-19H,1-7H3;8-18H,7H2,1-6H3;7-17H,1-6H3. The molecule has 0 aliphatic heterocycles. The molecule has 0 saturated heterocycles. The van der Waals surface area contributed by atoms with E-state index in [1.54, 1.807) is 0 Å². The second-order valence-electron chi connectivity index (χ2n) is 40.2. The Hall–Kier alpha value is -11.5. The molecule has 612 valence electrons. The summed E-state index contributed by atoms with van der Waals surface area (Å²) < 4.78 is 0. The molecule has 0 bridgehead atoms. The summed E-state index contributed by atoms with van der Waals surface area (Å²) in [4.78, 5) is 9.97. The van der Waals surface area contributed by atoms with Gasteiger partial charge in [-0.25, -0.2) is 0 Å². The zero-order valence-electron chi connectivity index (χ0n) is 76.6. The van der Waals surface area contributed by atoms with E-state index in [9.17, 15) is 5.26 Å². The third-order valence-electron chi connectivity index (χ3n) is 25.8. The van der Waals surface area contributed by atoms with E-state index in [4.69, 9.17) is 0 Å². The highest BCUT2D eigenvalue weighted by Crippen LogP contribution is 2.58. The maximum absolute atomic E-state index is 9.86. The smallest absolute Gasteiger partial charge is 0.0998 e. The van der Waals surface area contributed by atoms with Crippen molar-refractivity contribution in [2.75, 3.05) is 19.6 Å². The molecule has 5 nitrogen and oxygen atoms in total. The average molecular weight is 1580 g/mol. The normalized spacial score (nSPS) is 14.3. The number of hydrogen-bond acceptors (Lipinski definition) is 5.